The fourth-order valence-corrected chi connectivity index (χ4v) is 3.20. The average Bonchev–Trinajstić information content (AvgIpc) is 2.97. The highest BCUT2D eigenvalue weighted by Gasteiger charge is 2.37. The zero-order valence-electron chi connectivity index (χ0n) is 16.7. The second-order valence-corrected chi connectivity index (χ2v) is 7.24. The summed E-state index contributed by atoms with van der Waals surface area (Å²) < 4.78 is 12.9. The number of fused-ring (bicyclic) bond motifs is 1. The number of benzene rings is 2. The maximum absolute atomic E-state index is 12.9. The van der Waals surface area contributed by atoms with Crippen molar-refractivity contribution in [3.63, 3.8) is 0 Å². The fourth-order valence-electron chi connectivity index (χ4n) is 3.20. The van der Waals surface area contributed by atoms with Crippen LogP contribution in [0.25, 0.3) is 0 Å². The molecule has 8 heteroatoms. The Kier molecular flexibility index (Phi) is 6.25. The van der Waals surface area contributed by atoms with Gasteiger partial charge in [-0.2, -0.15) is 0 Å². The maximum atomic E-state index is 12.9. The highest BCUT2D eigenvalue weighted by Crippen LogP contribution is 2.25. The lowest BCUT2D eigenvalue weighted by molar-refractivity contribution is -0.120. The van der Waals surface area contributed by atoms with Gasteiger partial charge in [0.05, 0.1) is 17.5 Å². The van der Waals surface area contributed by atoms with Crippen LogP contribution in [-0.2, 0) is 11.2 Å². The molecular formula is C22H22FN3O4. The second kappa shape index (κ2) is 8.86. The average molecular weight is 411 g/mol. The van der Waals surface area contributed by atoms with Gasteiger partial charge in [0, 0.05) is 24.7 Å². The molecule has 0 aliphatic carbocycles. The summed E-state index contributed by atoms with van der Waals surface area (Å²) in [7, 11) is 0. The van der Waals surface area contributed by atoms with Crippen LogP contribution in [0.2, 0.25) is 0 Å². The van der Waals surface area contributed by atoms with E-state index >= 15 is 0 Å². The Bertz CT molecular complexity index is 1000. The van der Waals surface area contributed by atoms with E-state index in [-0.39, 0.29) is 54.3 Å². The molecule has 0 spiro atoms. The molecule has 0 aromatic heterocycles. The van der Waals surface area contributed by atoms with E-state index in [1.807, 2.05) is 0 Å². The van der Waals surface area contributed by atoms with E-state index in [4.69, 9.17) is 0 Å². The van der Waals surface area contributed by atoms with Crippen LogP contribution in [0.5, 0.6) is 0 Å². The van der Waals surface area contributed by atoms with E-state index < -0.39 is 11.8 Å². The molecule has 2 aromatic carbocycles. The molecule has 0 unspecified atom stereocenters. The second-order valence-electron chi connectivity index (χ2n) is 7.24. The van der Waals surface area contributed by atoms with Crippen molar-refractivity contribution in [1.29, 1.82) is 0 Å². The number of amides is 4. The van der Waals surface area contributed by atoms with Gasteiger partial charge in [0.15, 0.2) is 0 Å². The summed E-state index contributed by atoms with van der Waals surface area (Å²) in [5, 5.41) is 5.34. The summed E-state index contributed by atoms with van der Waals surface area (Å²) in [6.45, 7) is 3.91. The Morgan fingerprint density at radius 2 is 1.57 bits per heavy atom. The minimum atomic E-state index is -0.410. The van der Waals surface area contributed by atoms with Crippen LogP contribution in [0.4, 0.5) is 4.39 Å². The summed E-state index contributed by atoms with van der Waals surface area (Å²) in [5.41, 5.74) is 1.45. The Labute approximate surface area is 173 Å². The van der Waals surface area contributed by atoms with Crippen molar-refractivity contribution in [1.82, 2.24) is 15.5 Å². The smallest absolute Gasteiger partial charge is 0.261 e. The third-order valence-electron chi connectivity index (χ3n) is 4.71. The Morgan fingerprint density at radius 1 is 0.933 bits per heavy atom. The minimum Gasteiger partial charge on any atom is -0.354 e. The fraction of sp³-hybridized carbons (Fsp3) is 0.273. The first-order valence-corrected chi connectivity index (χ1v) is 9.59. The molecule has 1 heterocycles. The summed E-state index contributed by atoms with van der Waals surface area (Å²) in [5.74, 6) is -1.79. The molecule has 0 radical (unpaired) electrons. The molecule has 0 bridgehead atoms. The number of hydrogen-bond acceptors (Lipinski definition) is 4. The van der Waals surface area contributed by atoms with E-state index in [9.17, 15) is 23.6 Å². The van der Waals surface area contributed by atoms with Crippen molar-refractivity contribution < 1.29 is 23.6 Å². The molecule has 30 heavy (non-hydrogen) atoms. The number of rotatable bonds is 7. The quantitative estimate of drug-likeness (QED) is 0.538. The predicted octanol–water partition coefficient (Wildman–Crippen LogP) is 1.92. The van der Waals surface area contributed by atoms with Gasteiger partial charge in [-0.25, -0.2) is 4.39 Å². The monoisotopic (exact) mass is 411 g/mol. The largest absolute Gasteiger partial charge is 0.354 e. The van der Waals surface area contributed by atoms with Crippen molar-refractivity contribution in [3.05, 3.63) is 70.5 Å². The first-order valence-electron chi connectivity index (χ1n) is 9.59. The van der Waals surface area contributed by atoms with Gasteiger partial charge in [0.25, 0.3) is 17.7 Å². The van der Waals surface area contributed by atoms with E-state index in [1.54, 1.807) is 13.8 Å². The van der Waals surface area contributed by atoms with E-state index in [0.717, 1.165) is 0 Å². The molecule has 1 aliphatic heterocycles. The molecule has 0 saturated heterocycles. The zero-order valence-corrected chi connectivity index (χ0v) is 16.7. The molecular weight excluding hydrogens is 389 g/mol. The molecule has 0 saturated carbocycles. The Balaban J connectivity index is 1.50. The van der Waals surface area contributed by atoms with Crippen LogP contribution in [0.1, 0.15) is 50.5 Å². The highest BCUT2D eigenvalue weighted by molar-refractivity contribution is 6.22. The maximum Gasteiger partial charge on any atom is 0.261 e. The molecule has 2 aromatic rings. The lowest BCUT2D eigenvalue weighted by Gasteiger charge is -2.17. The first kappa shape index (κ1) is 21.2. The SMILES string of the molecule is CC(C)N1C(=O)c2ccc(C(=O)NCCNC(=O)Cc3ccc(F)cc3)cc2C1=O. The van der Waals surface area contributed by atoms with Crippen LogP contribution in [0, 0.1) is 5.82 Å². The summed E-state index contributed by atoms with van der Waals surface area (Å²) in [4.78, 5) is 50.1. The number of nitrogens with zero attached hydrogens (tertiary/aromatic N) is 1. The molecule has 7 nitrogen and oxygen atoms in total. The number of nitrogens with one attached hydrogen (secondary N) is 2. The van der Waals surface area contributed by atoms with Crippen molar-refractivity contribution >= 4 is 23.6 Å². The third kappa shape index (κ3) is 4.53. The van der Waals surface area contributed by atoms with Gasteiger partial charge in [-0.1, -0.05) is 12.1 Å². The van der Waals surface area contributed by atoms with Crippen molar-refractivity contribution in [2.45, 2.75) is 26.3 Å². The Hall–Kier alpha value is -3.55. The van der Waals surface area contributed by atoms with Crippen LogP contribution in [-0.4, -0.2) is 47.7 Å². The summed E-state index contributed by atoms with van der Waals surface area (Å²) in [6.07, 6.45) is 0.113. The van der Waals surface area contributed by atoms with E-state index in [1.165, 1.54) is 47.4 Å². The van der Waals surface area contributed by atoms with Crippen LogP contribution < -0.4 is 10.6 Å². The summed E-state index contributed by atoms with van der Waals surface area (Å²) >= 11 is 0. The highest BCUT2D eigenvalue weighted by atomic mass is 19.1. The van der Waals surface area contributed by atoms with Gasteiger partial charge >= 0.3 is 0 Å². The van der Waals surface area contributed by atoms with Crippen molar-refractivity contribution in [3.8, 4) is 0 Å². The lowest BCUT2D eigenvalue weighted by Crippen LogP contribution is -2.36. The zero-order chi connectivity index (χ0) is 21.8. The lowest BCUT2D eigenvalue weighted by atomic mass is 10.1. The van der Waals surface area contributed by atoms with Crippen molar-refractivity contribution in [2.75, 3.05) is 13.1 Å². The van der Waals surface area contributed by atoms with Gasteiger partial charge in [-0.15, -0.1) is 0 Å². The Morgan fingerprint density at radius 3 is 2.23 bits per heavy atom. The molecule has 1 aliphatic rings. The van der Waals surface area contributed by atoms with Gasteiger partial charge in [-0.05, 0) is 49.7 Å². The molecule has 0 fully saturated rings. The summed E-state index contributed by atoms with van der Waals surface area (Å²) in [6, 6.07) is 9.78. The number of halogens is 1. The molecule has 4 amide bonds. The van der Waals surface area contributed by atoms with Crippen molar-refractivity contribution in [2.24, 2.45) is 0 Å². The predicted molar refractivity (Wildman–Crippen MR) is 108 cm³/mol. The van der Waals surface area contributed by atoms with Gasteiger partial charge in [-0.3, -0.25) is 24.1 Å². The normalized spacial score (nSPS) is 12.9. The first-order chi connectivity index (χ1) is 14.3. The van der Waals surface area contributed by atoms with Crippen LogP contribution >= 0.6 is 0 Å². The van der Waals surface area contributed by atoms with Crippen LogP contribution in [0.3, 0.4) is 0 Å². The molecule has 3 rings (SSSR count). The molecule has 0 atom stereocenters. The van der Waals surface area contributed by atoms with E-state index in [0.29, 0.717) is 11.1 Å². The van der Waals surface area contributed by atoms with Gasteiger partial charge in [0.2, 0.25) is 5.91 Å². The van der Waals surface area contributed by atoms with Gasteiger partial charge < -0.3 is 10.6 Å². The third-order valence-corrected chi connectivity index (χ3v) is 4.71. The standard InChI is InChI=1S/C22H22FN3O4/c1-13(2)26-21(29)17-8-5-15(12-18(17)22(26)30)20(28)25-10-9-24-19(27)11-14-3-6-16(23)7-4-14/h3-8,12-13H,9-11H2,1-2H3,(H,24,27)(H,25,28). The molecule has 156 valence electrons. The topological polar surface area (TPSA) is 95.6 Å². The minimum absolute atomic E-state index is 0.113. The van der Waals surface area contributed by atoms with Crippen LogP contribution in [0.15, 0.2) is 42.5 Å². The van der Waals surface area contributed by atoms with E-state index in [2.05, 4.69) is 10.6 Å². The molecule has 2 N–H and O–H groups in total. The number of carbonyl (C=O) groups excluding carboxylic acids is 4. The number of hydrogen-bond donors (Lipinski definition) is 2. The number of imide groups is 1. The van der Waals surface area contributed by atoms with Gasteiger partial charge in [0.1, 0.15) is 5.82 Å². The number of carbonyl (C=O) groups is 4.